The third-order valence-corrected chi connectivity index (χ3v) is 5.36. The predicted octanol–water partition coefficient (Wildman–Crippen LogP) is 2.18. The fraction of sp³-hybridized carbons (Fsp3) is 0.550. The van der Waals surface area contributed by atoms with Crippen molar-refractivity contribution in [3.63, 3.8) is 0 Å². The number of piperidine rings is 1. The molecule has 2 amide bonds. The van der Waals surface area contributed by atoms with Gasteiger partial charge in [-0.1, -0.05) is 30.3 Å². The third kappa shape index (κ3) is 4.62. The van der Waals surface area contributed by atoms with Crippen molar-refractivity contribution >= 4 is 17.8 Å². The van der Waals surface area contributed by atoms with E-state index >= 15 is 0 Å². The molecular weight excluding hydrogens is 332 g/mol. The van der Waals surface area contributed by atoms with Gasteiger partial charge in [-0.05, 0) is 38.7 Å². The summed E-state index contributed by atoms with van der Waals surface area (Å²) >= 11 is 0. The highest BCUT2D eigenvalue weighted by Crippen LogP contribution is 2.24. The van der Waals surface area contributed by atoms with Gasteiger partial charge in [-0.25, -0.2) is 4.79 Å². The number of carbonyl (C=O) groups excluding carboxylic acids is 2. The van der Waals surface area contributed by atoms with Crippen LogP contribution >= 0.6 is 0 Å². The average molecular weight is 360 g/mol. The number of benzene rings is 1. The van der Waals surface area contributed by atoms with E-state index in [4.69, 9.17) is 0 Å². The lowest BCUT2D eigenvalue weighted by Crippen LogP contribution is -2.54. The number of amides is 2. The molecule has 0 saturated carbocycles. The van der Waals surface area contributed by atoms with Crippen molar-refractivity contribution in [1.29, 1.82) is 0 Å². The summed E-state index contributed by atoms with van der Waals surface area (Å²) < 4.78 is 0. The van der Waals surface area contributed by atoms with Crippen LogP contribution in [0.4, 0.5) is 0 Å². The third-order valence-electron chi connectivity index (χ3n) is 5.36. The Morgan fingerprint density at radius 1 is 1.15 bits per heavy atom. The molecule has 0 bridgehead atoms. The Labute approximate surface area is 154 Å². The lowest BCUT2D eigenvalue weighted by molar-refractivity contribution is -0.157. The Morgan fingerprint density at radius 2 is 1.73 bits per heavy atom. The van der Waals surface area contributed by atoms with Gasteiger partial charge in [0, 0.05) is 32.5 Å². The zero-order chi connectivity index (χ0) is 19.3. The summed E-state index contributed by atoms with van der Waals surface area (Å²) in [5.74, 6) is -1.30. The smallest absolute Gasteiger partial charge is 0.329 e. The van der Waals surface area contributed by atoms with Gasteiger partial charge in [-0.15, -0.1) is 0 Å². The van der Waals surface area contributed by atoms with Crippen LogP contribution in [0.15, 0.2) is 30.3 Å². The molecule has 1 heterocycles. The van der Waals surface area contributed by atoms with Gasteiger partial charge >= 0.3 is 5.97 Å². The summed E-state index contributed by atoms with van der Waals surface area (Å²) in [6.45, 7) is 4.14. The van der Waals surface area contributed by atoms with Crippen molar-refractivity contribution in [2.24, 2.45) is 5.92 Å². The standard InChI is InChI=1S/C20H28N2O4/c1-20(2,19(25)26)21(3)18(24)16-11-13-22(14-12-16)17(23)10-9-15-7-5-4-6-8-15/h4-8,16H,9-14H2,1-3H3,(H,25,26). The van der Waals surface area contributed by atoms with Crippen LogP contribution in [-0.4, -0.2) is 58.4 Å². The summed E-state index contributed by atoms with van der Waals surface area (Å²) in [5.41, 5.74) is -0.0943. The highest BCUT2D eigenvalue weighted by molar-refractivity contribution is 5.87. The number of carboxylic acids is 1. The molecular formula is C20H28N2O4. The van der Waals surface area contributed by atoms with Crippen molar-refractivity contribution < 1.29 is 19.5 Å². The fourth-order valence-corrected chi connectivity index (χ4v) is 3.12. The summed E-state index contributed by atoms with van der Waals surface area (Å²) in [6, 6.07) is 9.91. The van der Waals surface area contributed by atoms with Gasteiger partial charge < -0.3 is 14.9 Å². The molecule has 6 nitrogen and oxygen atoms in total. The quantitative estimate of drug-likeness (QED) is 0.843. The first-order valence-electron chi connectivity index (χ1n) is 9.06. The molecule has 2 rings (SSSR count). The second-order valence-electron chi connectivity index (χ2n) is 7.40. The number of likely N-dealkylation sites (N-methyl/N-ethyl adjacent to an activating group) is 1. The number of aryl methyl sites for hydroxylation is 1. The normalized spacial score (nSPS) is 15.6. The van der Waals surface area contributed by atoms with Crippen LogP contribution in [0, 0.1) is 5.92 Å². The van der Waals surface area contributed by atoms with Crippen LogP contribution in [0.25, 0.3) is 0 Å². The zero-order valence-electron chi connectivity index (χ0n) is 15.8. The van der Waals surface area contributed by atoms with Crippen LogP contribution in [0.1, 0.15) is 38.7 Å². The highest BCUT2D eigenvalue weighted by Gasteiger charge is 2.38. The van der Waals surface area contributed by atoms with Gasteiger partial charge in [0.15, 0.2) is 0 Å². The predicted molar refractivity (Wildman–Crippen MR) is 98.6 cm³/mol. The minimum atomic E-state index is -1.24. The van der Waals surface area contributed by atoms with Crippen LogP contribution in [0.2, 0.25) is 0 Å². The second kappa shape index (κ2) is 8.34. The van der Waals surface area contributed by atoms with Crippen LogP contribution < -0.4 is 0 Å². The second-order valence-corrected chi connectivity index (χ2v) is 7.40. The summed E-state index contributed by atoms with van der Waals surface area (Å²) in [4.78, 5) is 39.4. The fourth-order valence-electron chi connectivity index (χ4n) is 3.12. The molecule has 0 aliphatic carbocycles. The molecule has 0 atom stereocenters. The molecule has 1 saturated heterocycles. The van der Waals surface area contributed by atoms with Crippen molar-refractivity contribution in [3.8, 4) is 0 Å². The molecule has 142 valence electrons. The van der Waals surface area contributed by atoms with Crippen molar-refractivity contribution in [3.05, 3.63) is 35.9 Å². The maximum absolute atomic E-state index is 12.6. The van der Waals surface area contributed by atoms with Gasteiger partial charge in [-0.2, -0.15) is 0 Å². The van der Waals surface area contributed by atoms with E-state index in [0.29, 0.717) is 38.8 Å². The van der Waals surface area contributed by atoms with Crippen molar-refractivity contribution in [2.45, 2.75) is 45.1 Å². The first kappa shape index (κ1) is 19.9. The van der Waals surface area contributed by atoms with E-state index in [9.17, 15) is 19.5 Å². The largest absolute Gasteiger partial charge is 0.480 e. The zero-order valence-corrected chi connectivity index (χ0v) is 15.8. The van der Waals surface area contributed by atoms with E-state index in [-0.39, 0.29) is 17.7 Å². The number of hydrogen-bond donors (Lipinski definition) is 1. The molecule has 6 heteroatoms. The Balaban J connectivity index is 1.83. The van der Waals surface area contributed by atoms with Gasteiger partial charge in [0.25, 0.3) is 0 Å². The lowest BCUT2D eigenvalue weighted by atomic mass is 9.92. The lowest BCUT2D eigenvalue weighted by Gasteiger charge is -2.37. The van der Waals surface area contributed by atoms with E-state index < -0.39 is 11.5 Å². The monoisotopic (exact) mass is 360 g/mol. The summed E-state index contributed by atoms with van der Waals surface area (Å²) in [7, 11) is 1.54. The number of carboxylic acid groups (broad SMARTS) is 1. The first-order valence-corrected chi connectivity index (χ1v) is 9.06. The minimum absolute atomic E-state index is 0.110. The molecule has 1 fully saturated rings. The number of rotatable bonds is 6. The molecule has 0 spiro atoms. The number of nitrogens with zero attached hydrogens (tertiary/aromatic N) is 2. The summed E-state index contributed by atoms with van der Waals surface area (Å²) in [5, 5.41) is 9.28. The number of carbonyl (C=O) groups is 3. The number of likely N-dealkylation sites (tertiary alicyclic amines) is 1. The van der Waals surface area contributed by atoms with Gasteiger partial charge in [0.2, 0.25) is 11.8 Å². The van der Waals surface area contributed by atoms with E-state index in [1.165, 1.54) is 25.8 Å². The Kier molecular flexibility index (Phi) is 6.40. The molecule has 0 aromatic heterocycles. The topological polar surface area (TPSA) is 77.9 Å². The van der Waals surface area contributed by atoms with Gasteiger partial charge in [-0.3, -0.25) is 9.59 Å². The van der Waals surface area contributed by atoms with Crippen LogP contribution in [-0.2, 0) is 20.8 Å². The van der Waals surface area contributed by atoms with E-state index in [2.05, 4.69) is 0 Å². The maximum atomic E-state index is 12.6. The molecule has 0 radical (unpaired) electrons. The Morgan fingerprint density at radius 3 is 2.27 bits per heavy atom. The molecule has 1 aromatic rings. The molecule has 1 aliphatic heterocycles. The molecule has 26 heavy (non-hydrogen) atoms. The number of hydrogen-bond acceptors (Lipinski definition) is 3. The Bertz CT molecular complexity index is 649. The van der Waals surface area contributed by atoms with Gasteiger partial charge in [0.1, 0.15) is 5.54 Å². The van der Waals surface area contributed by atoms with Crippen molar-refractivity contribution in [2.75, 3.05) is 20.1 Å². The highest BCUT2D eigenvalue weighted by atomic mass is 16.4. The van der Waals surface area contributed by atoms with Crippen LogP contribution in [0.5, 0.6) is 0 Å². The molecule has 0 unspecified atom stereocenters. The first-order chi connectivity index (χ1) is 12.2. The Hall–Kier alpha value is -2.37. The molecule has 1 aliphatic rings. The number of aliphatic carboxylic acids is 1. The minimum Gasteiger partial charge on any atom is -0.480 e. The molecule has 1 aromatic carbocycles. The SMILES string of the molecule is CN(C(=O)C1CCN(C(=O)CCc2ccccc2)CC1)C(C)(C)C(=O)O. The summed E-state index contributed by atoms with van der Waals surface area (Å²) in [6.07, 6.45) is 2.34. The van der Waals surface area contributed by atoms with E-state index in [1.807, 2.05) is 35.2 Å². The van der Waals surface area contributed by atoms with E-state index in [0.717, 1.165) is 5.56 Å². The van der Waals surface area contributed by atoms with E-state index in [1.54, 1.807) is 0 Å². The van der Waals surface area contributed by atoms with Crippen LogP contribution in [0.3, 0.4) is 0 Å². The van der Waals surface area contributed by atoms with Gasteiger partial charge in [0.05, 0.1) is 0 Å². The van der Waals surface area contributed by atoms with Crippen molar-refractivity contribution in [1.82, 2.24) is 9.80 Å². The average Bonchev–Trinajstić information content (AvgIpc) is 2.65. The molecule has 1 N–H and O–H groups in total. The maximum Gasteiger partial charge on any atom is 0.329 e.